The Morgan fingerprint density at radius 3 is 2.65 bits per heavy atom. The van der Waals surface area contributed by atoms with E-state index >= 15 is 0 Å². The molecule has 2 aromatic rings. The predicted molar refractivity (Wildman–Crippen MR) is 129 cm³/mol. The summed E-state index contributed by atoms with van der Waals surface area (Å²) in [5.74, 6) is 2.37. The second-order valence-corrected chi connectivity index (χ2v) is 9.45. The minimum atomic E-state index is -3.42. The van der Waals surface area contributed by atoms with Crippen LogP contribution in [0.15, 0.2) is 34.2 Å². The zero-order chi connectivity index (χ0) is 21.7. The van der Waals surface area contributed by atoms with Crippen LogP contribution in [0.25, 0.3) is 0 Å². The van der Waals surface area contributed by atoms with Gasteiger partial charge < -0.3 is 15.4 Å². The maximum Gasteiger partial charge on any atom is 0.242 e. The lowest BCUT2D eigenvalue weighted by Gasteiger charge is -2.25. The van der Waals surface area contributed by atoms with Gasteiger partial charge in [0.1, 0.15) is 12.4 Å². The van der Waals surface area contributed by atoms with E-state index in [1.807, 2.05) is 4.68 Å². The summed E-state index contributed by atoms with van der Waals surface area (Å²) >= 11 is 0. The number of rotatable bonds is 7. The summed E-state index contributed by atoms with van der Waals surface area (Å²) in [5, 5.41) is 11.2. The lowest BCUT2D eigenvalue weighted by molar-refractivity contribution is 0.177. The van der Waals surface area contributed by atoms with Crippen LogP contribution in [0.3, 0.4) is 0 Å². The number of aliphatic imine (C=N–C) groups is 1. The molecular formula is C19H30IN7O3S. The molecule has 31 heavy (non-hydrogen) atoms. The van der Waals surface area contributed by atoms with Crippen LogP contribution in [0.5, 0.6) is 0 Å². The number of aryl methyl sites for hydroxylation is 1. The van der Waals surface area contributed by atoms with E-state index in [0.29, 0.717) is 31.5 Å². The first-order valence-electron chi connectivity index (χ1n) is 9.73. The molecule has 0 bridgehead atoms. The summed E-state index contributed by atoms with van der Waals surface area (Å²) in [6, 6.07) is 7.03. The molecule has 0 aliphatic carbocycles. The van der Waals surface area contributed by atoms with Crippen molar-refractivity contribution in [2.75, 3.05) is 28.3 Å². The van der Waals surface area contributed by atoms with Crippen LogP contribution < -0.4 is 10.6 Å². The Bertz CT molecular complexity index is 990. The van der Waals surface area contributed by atoms with Crippen LogP contribution in [-0.4, -0.2) is 67.7 Å². The highest BCUT2D eigenvalue weighted by Crippen LogP contribution is 2.15. The number of benzene rings is 1. The molecule has 2 N–H and O–H groups in total. The van der Waals surface area contributed by atoms with Crippen LogP contribution in [-0.2, 0) is 40.9 Å². The van der Waals surface area contributed by atoms with Crippen molar-refractivity contribution in [2.45, 2.75) is 43.5 Å². The second-order valence-electron chi connectivity index (χ2n) is 7.30. The quantitative estimate of drug-likeness (QED) is 0.293. The average molecular weight is 563 g/mol. The van der Waals surface area contributed by atoms with Gasteiger partial charge in [0.15, 0.2) is 11.8 Å². The van der Waals surface area contributed by atoms with Gasteiger partial charge in [-0.05, 0) is 24.1 Å². The minimum absolute atomic E-state index is 0. The van der Waals surface area contributed by atoms with E-state index < -0.39 is 10.0 Å². The highest BCUT2D eigenvalue weighted by Gasteiger charge is 2.22. The Labute approximate surface area is 200 Å². The van der Waals surface area contributed by atoms with Crippen molar-refractivity contribution in [3.63, 3.8) is 0 Å². The summed E-state index contributed by atoms with van der Waals surface area (Å²) in [7, 11) is 2.98. The summed E-state index contributed by atoms with van der Waals surface area (Å²) < 4.78 is 32.6. The van der Waals surface area contributed by atoms with Gasteiger partial charge in [-0.15, -0.1) is 24.0 Å². The fourth-order valence-corrected chi connectivity index (χ4v) is 4.13. The number of hydrogen-bond donors (Lipinski definition) is 2. The molecule has 1 atom stereocenters. The van der Waals surface area contributed by atoms with Gasteiger partial charge in [-0.3, -0.25) is 4.99 Å². The third kappa shape index (κ3) is 6.37. The lowest BCUT2D eigenvalue weighted by Crippen LogP contribution is -2.46. The van der Waals surface area contributed by atoms with Gasteiger partial charge in [-0.2, -0.15) is 5.10 Å². The molecule has 0 saturated carbocycles. The summed E-state index contributed by atoms with van der Waals surface area (Å²) in [6.45, 7) is 1.65. The number of nitrogens with zero attached hydrogens (tertiary/aromatic N) is 5. The Morgan fingerprint density at radius 1 is 1.32 bits per heavy atom. The van der Waals surface area contributed by atoms with Crippen LogP contribution >= 0.6 is 24.0 Å². The maximum absolute atomic E-state index is 12.2. The zero-order valence-electron chi connectivity index (χ0n) is 18.2. The van der Waals surface area contributed by atoms with Gasteiger partial charge in [-0.1, -0.05) is 12.1 Å². The second kappa shape index (κ2) is 11.2. The van der Waals surface area contributed by atoms with E-state index in [1.165, 1.54) is 18.4 Å². The number of guanidine groups is 1. The Morgan fingerprint density at radius 2 is 2.03 bits per heavy atom. The monoisotopic (exact) mass is 563 g/mol. The highest BCUT2D eigenvalue weighted by molar-refractivity contribution is 14.0. The third-order valence-electron chi connectivity index (χ3n) is 4.90. The van der Waals surface area contributed by atoms with Crippen molar-refractivity contribution >= 4 is 40.0 Å². The Kier molecular flexibility index (Phi) is 9.21. The van der Waals surface area contributed by atoms with Crippen molar-refractivity contribution in [3.8, 4) is 0 Å². The largest absolute Gasteiger partial charge is 0.377 e. The lowest BCUT2D eigenvalue weighted by atomic mass is 10.1. The van der Waals surface area contributed by atoms with E-state index in [4.69, 9.17) is 4.74 Å². The van der Waals surface area contributed by atoms with Crippen molar-refractivity contribution in [3.05, 3.63) is 41.5 Å². The van der Waals surface area contributed by atoms with E-state index in [9.17, 15) is 8.42 Å². The molecule has 1 aliphatic rings. The molecular weight excluding hydrogens is 533 g/mol. The molecule has 0 amide bonds. The number of hydrogen-bond acceptors (Lipinski definition) is 6. The minimum Gasteiger partial charge on any atom is -0.377 e. The number of sulfonamides is 1. The summed E-state index contributed by atoms with van der Waals surface area (Å²) in [4.78, 5) is 9.06. The van der Waals surface area contributed by atoms with E-state index in [0.717, 1.165) is 24.2 Å². The van der Waals surface area contributed by atoms with Crippen molar-refractivity contribution in [1.29, 1.82) is 0 Å². The van der Waals surface area contributed by atoms with E-state index in [-0.39, 0.29) is 34.9 Å². The molecule has 0 saturated heterocycles. The van der Waals surface area contributed by atoms with Crippen molar-refractivity contribution < 1.29 is 13.2 Å². The predicted octanol–water partition coefficient (Wildman–Crippen LogP) is 0.973. The maximum atomic E-state index is 12.2. The number of halogens is 1. The topological polar surface area (TPSA) is 114 Å². The highest BCUT2D eigenvalue weighted by atomic mass is 127. The fourth-order valence-electron chi connectivity index (χ4n) is 3.23. The molecule has 12 heteroatoms. The molecule has 1 aliphatic heterocycles. The summed E-state index contributed by atoms with van der Waals surface area (Å²) in [6.07, 6.45) is 1.77. The third-order valence-corrected chi connectivity index (χ3v) is 6.73. The first-order valence-corrected chi connectivity index (χ1v) is 11.2. The van der Waals surface area contributed by atoms with Gasteiger partial charge in [0.25, 0.3) is 0 Å². The van der Waals surface area contributed by atoms with Gasteiger partial charge in [0.2, 0.25) is 10.0 Å². The van der Waals surface area contributed by atoms with Gasteiger partial charge in [0.05, 0.1) is 11.4 Å². The molecule has 172 valence electrons. The van der Waals surface area contributed by atoms with E-state index in [2.05, 4.69) is 25.7 Å². The molecule has 3 rings (SSSR count). The number of ether oxygens (including phenoxy) is 1. The molecule has 1 aromatic heterocycles. The standard InChI is InChI=1S/C19H29N7O3S.HI/c1-20-19(21-11-14-5-8-16(9-6-14)30(27,28)25(2)3)22-15-7-10-18-23-17(13-29-4)24-26(18)12-15;/h5-6,8-9,15H,7,10-13H2,1-4H3,(H2,20,21,22);1H. The van der Waals surface area contributed by atoms with Gasteiger partial charge >= 0.3 is 0 Å². The Hall–Kier alpha value is -1.77. The first kappa shape index (κ1) is 25.5. The number of methoxy groups -OCH3 is 1. The van der Waals surface area contributed by atoms with Crippen molar-refractivity contribution in [1.82, 2.24) is 29.7 Å². The molecule has 2 heterocycles. The van der Waals surface area contributed by atoms with Gasteiger partial charge in [-0.25, -0.2) is 22.4 Å². The van der Waals surface area contributed by atoms with Crippen LogP contribution in [0.1, 0.15) is 23.6 Å². The van der Waals surface area contributed by atoms with E-state index in [1.54, 1.807) is 38.4 Å². The SMILES string of the molecule is CN=C(NCc1ccc(S(=O)(=O)N(C)C)cc1)NC1CCc2nc(COC)nn2C1.I. The Balaban J connectivity index is 0.00000341. The zero-order valence-corrected chi connectivity index (χ0v) is 21.3. The molecule has 1 unspecified atom stereocenters. The smallest absolute Gasteiger partial charge is 0.242 e. The number of aromatic nitrogens is 3. The summed E-state index contributed by atoms with van der Waals surface area (Å²) in [5.41, 5.74) is 0.960. The van der Waals surface area contributed by atoms with Crippen LogP contribution in [0.2, 0.25) is 0 Å². The fraction of sp³-hybridized carbons (Fsp3) is 0.526. The van der Waals surface area contributed by atoms with Crippen LogP contribution in [0.4, 0.5) is 0 Å². The molecule has 10 nitrogen and oxygen atoms in total. The normalized spacial score (nSPS) is 16.5. The number of fused-ring (bicyclic) bond motifs is 1. The van der Waals surface area contributed by atoms with Crippen molar-refractivity contribution in [2.24, 2.45) is 4.99 Å². The molecule has 0 fully saturated rings. The first-order chi connectivity index (χ1) is 14.3. The van der Waals surface area contributed by atoms with Gasteiger partial charge in [0, 0.05) is 47.3 Å². The number of nitrogens with one attached hydrogen (secondary N) is 2. The molecule has 0 radical (unpaired) electrons. The van der Waals surface area contributed by atoms with Crippen LogP contribution in [0, 0.1) is 0 Å². The molecule has 1 aromatic carbocycles. The molecule has 0 spiro atoms. The average Bonchev–Trinajstić information content (AvgIpc) is 3.13.